The van der Waals surface area contributed by atoms with Crippen LogP contribution in [-0.2, 0) is 9.53 Å². The van der Waals surface area contributed by atoms with E-state index in [0.717, 1.165) is 0 Å². The molecule has 15 heavy (non-hydrogen) atoms. The minimum absolute atomic E-state index is 0.166. The van der Waals surface area contributed by atoms with Crippen LogP contribution in [0.5, 0.6) is 0 Å². The number of rotatable bonds is 6. The van der Waals surface area contributed by atoms with Gasteiger partial charge in [-0.15, -0.1) is 0 Å². The summed E-state index contributed by atoms with van der Waals surface area (Å²) >= 11 is 0. The van der Waals surface area contributed by atoms with Crippen molar-refractivity contribution >= 4 is 13.1 Å². The first kappa shape index (κ1) is 12.4. The fraction of sp³-hybridized carbons (Fsp3) is 0.875. The second-order valence-electron chi connectivity index (χ2n) is 4.08. The zero-order valence-corrected chi connectivity index (χ0v) is 8.43. The summed E-state index contributed by atoms with van der Waals surface area (Å²) in [7, 11) is -1.35. The summed E-state index contributed by atoms with van der Waals surface area (Å²) < 4.78 is 5.15. The summed E-state index contributed by atoms with van der Waals surface area (Å²) in [5.41, 5.74) is 4.47. The van der Waals surface area contributed by atoms with E-state index in [1.807, 2.05) is 0 Å². The molecule has 1 aliphatic rings. The van der Waals surface area contributed by atoms with Crippen molar-refractivity contribution in [1.82, 2.24) is 0 Å². The van der Waals surface area contributed by atoms with Crippen LogP contribution >= 0.6 is 0 Å². The number of hydrogen-bond donors (Lipinski definition) is 4. The van der Waals surface area contributed by atoms with Gasteiger partial charge in [-0.25, -0.2) is 0 Å². The Hall–Kier alpha value is -0.625. The summed E-state index contributed by atoms with van der Waals surface area (Å²) in [6.07, 6.45) is 1.01. The molecule has 1 rings (SSSR count). The highest BCUT2D eigenvalue weighted by molar-refractivity contribution is 6.41. The molecule has 0 radical (unpaired) electrons. The number of nitrogens with two attached hydrogens (primary N) is 1. The van der Waals surface area contributed by atoms with Gasteiger partial charge in [-0.3, -0.25) is 4.79 Å². The van der Waals surface area contributed by atoms with Gasteiger partial charge >= 0.3 is 13.1 Å². The molecule has 1 fully saturated rings. The third kappa shape index (κ3) is 3.46. The summed E-state index contributed by atoms with van der Waals surface area (Å²) in [4.78, 5) is 10.6. The Morgan fingerprint density at radius 2 is 2.13 bits per heavy atom. The van der Waals surface area contributed by atoms with Crippen LogP contribution in [0, 0.1) is 5.92 Å². The molecule has 0 aliphatic heterocycles. The van der Waals surface area contributed by atoms with Crippen molar-refractivity contribution in [3.05, 3.63) is 0 Å². The molecular formula is C8H16BNO5. The molecule has 0 spiro atoms. The van der Waals surface area contributed by atoms with Crippen molar-refractivity contribution in [2.24, 2.45) is 11.7 Å². The Morgan fingerprint density at radius 1 is 1.53 bits per heavy atom. The van der Waals surface area contributed by atoms with E-state index in [2.05, 4.69) is 0 Å². The van der Waals surface area contributed by atoms with E-state index in [4.69, 9.17) is 25.6 Å². The lowest BCUT2D eigenvalue weighted by atomic mass is 9.69. The standard InChI is InChI=1S/C8H16BNO5/c10-8(7(11)12)3-6(4-8)5-15-2-1-9(13)14/h6,13-14H,1-5,10H2,(H,11,12). The molecule has 0 aromatic heterocycles. The second kappa shape index (κ2) is 4.93. The molecule has 0 amide bonds. The molecule has 86 valence electrons. The first-order valence-electron chi connectivity index (χ1n) is 4.90. The maximum absolute atomic E-state index is 10.6. The van der Waals surface area contributed by atoms with Gasteiger partial charge in [0.05, 0.1) is 0 Å². The summed E-state index contributed by atoms with van der Waals surface area (Å²) in [6.45, 7) is 0.692. The SMILES string of the molecule is NC1(C(=O)O)CC(COCCB(O)O)C1. The van der Waals surface area contributed by atoms with Crippen molar-refractivity contribution in [3.63, 3.8) is 0 Å². The van der Waals surface area contributed by atoms with Crippen molar-refractivity contribution in [1.29, 1.82) is 0 Å². The van der Waals surface area contributed by atoms with E-state index in [9.17, 15) is 4.79 Å². The average molecular weight is 217 g/mol. The highest BCUT2D eigenvalue weighted by Crippen LogP contribution is 2.36. The van der Waals surface area contributed by atoms with Crippen LogP contribution in [0.15, 0.2) is 0 Å². The Morgan fingerprint density at radius 3 is 2.60 bits per heavy atom. The third-order valence-corrected chi connectivity index (χ3v) is 2.61. The van der Waals surface area contributed by atoms with Gasteiger partial charge < -0.3 is 25.6 Å². The van der Waals surface area contributed by atoms with Gasteiger partial charge in [-0.05, 0) is 18.8 Å². The zero-order chi connectivity index (χ0) is 11.5. The fourth-order valence-electron chi connectivity index (χ4n) is 1.70. The van der Waals surface area contributed by atoms with E-state index in [-0.39, 0.29) is 18.8 Å². The fourth-order valence-corrected chi connectivity index (χ4v) is 1.70. The van der Waals surface area contributed by atoms with Crippen LogP contribution < -0.4 is 5.73 Å². The van der Waals surface area contributed by atoms with Crippen LogP contribution in [0.2, 0.25) is 6.32 Å². The van der Waals surface area contributed by atoms with E-state index in [1.165, 1.54) is 0 Å². The Kier molecular flexibility index (Phi) is 4.09. The summed E-state index contributed by atoms with van der Waals surface area (Å²) in [5, 5.41) is 25.8. The molecule has 1 aliphatic carbocycles. The van der Waals surface area contributed by atoms with Gasteiger partial charge in [0.25, 0.3) is 0 Å². The van der Waals surface area contributed by atoms with E-state index in [1.54, 1.807) is 0 Å². The molecule has 0 saturated heterocycles. The van der Waals surface area contributed by atoms with Gasteiger partial charge in [0.1, 0.15) is 5.54 Å². The van der Waals surface area contributed by atoms with Crippen LogP contribution in [-0.4, -0.2) is 47.0 Å². The maximum Gasteiger partial charge on any atom is 0.453 e. The van der Waals surface area contributed by atoms with Crippen molar-refractivity contribution < 1.29 is 24.7 Å². The quantitative estimate of drug-likeness (QED) is 0.323. The number of aliphatic carboxylic acids is 1. The second-order valence-corrected chi connectivity index (χ2v) is 4.08. The first-order chi connectivity index (χ1) is 6.94. The summed E-state index contributed by atoms with van der Waals surface area (Å²) in [5.74, 6) is -0.800. The van der Waals surface area contributed by atoms with Crippen LogP contribution in [0.1, 0.15) is 12.8 Å². The van der Waals surface area contributed by atoms with Crippen LogP contribution in [0.3, 0.4) is 0 Å². The van der Waals surface area contributed by atoms with Gasteiger partial charge in [0.2, 0.25) is 0 Å². The minimum Gasteiger partial charge on any atom is -0.480 e. The van der Waals surface area contributed by atoms with Crippen molar-refractivity contribution in [2.75, 3.05) is 13.2 Å². The Bertz CT molecular complexity index is 229. The maximum atomic E-state index is 10.6. The highest BCUT2D eigenvalue weighted by atomic mass is 16.5. The normalized spacial score (nSPS) is 29.7. The first-order valence-corrected chi connectivity index (χ1v) is 4.90. The molecule has 5 N–H and O–H groups in total. The van der Waals surface area contributed by atoms with Gasteiger partial charge in [0, 0.05) is 19.5 Å². The number of carbonyl (C=O) groups is 1. The van der Waals surface area contributed by atoms with Gasteiger partial charge in [0.15, 0.2) is 0 Å². The molecule has 1 saturated carbocycles. The third-order valence-electron chi connectivity index (χ3n) is 2.61. The van der Waals surface area contributed by atoms with E-state index < -0.39 is 18.6 Å². The predicted molar refractivity (Wildman–Crippen MR) is 53.1 cm³/mol. The van der Waals surface area contributed by atoms with Crippen LogP contribution in [0.25, 0.3) is 0 Å². The van der Waals surface area contributed by atoms with Crippen molar-refractivity contribution in [2.45, 2.75) is 24.7 Å². The molecule has 0 heterocycles. The molecule has 0 atom stereocenters. The van der Waals surface area contributed by atoms with E-state index in [0.29, 0.717) is 19.4 Å². The van der Waals surface area contributed by atoms with Crippen LogP contribution in [0.4, 0.5) is 0 Å². The smallest absolute Gasteiger partial charge is 0.453 e. The summed E-state index contributed by atoms with van der Waals surface area (Å²) in [6, 6.07) is 0. The number of hydrogen-bond acceptors (Lipinski definition) is 5. The number of carboxylic acids is 1. The highest BCUT2D eigenvalue weighted by Gasteiger charge is 2.47. The lowest BCUT2D eigenvalue weighted by molar-refractivity contribution is -0.149. The topological polar surface area (TPSA) is 113 Å². The zero-order valence-electron chi connectivity index (χ0n) is 8.43. The minimum atomic E-state index is -1.35. The molecule has 7 heteroatoms. The molecule has 0 aromatic carbocycles. The lowest BCUT2D eigenvalue weighted by Gasteiger charge is -2.41. The average Bonchev–Trinajstić information content (AvgIpc) is 2.07. The predicted octanol–water partition coefficient (Wildman–Crippen LogP) is -1.33. The number of carboxylic acid groups (broad SMARTS) is 1. The Balaban J connectivity index is 2.05. The largest absolute Gasteiger partial charge is 0.480 e. The molecule has 0 bridgehead atoms. The lowest BCUT2D eigenvalue weighted by Crippen LogP contribution is -2.58. The van der Waals surface area contributed by atoms with Gasteiger partial charge in [-0.2, -0.15) is 0 Å². The molecular weight excluding hydrogens is 201 g/mol. The van der Waals surface area contributed by atoms with E-state index >= 15 is 0 Å². The number of ether oxygens (including phenoxy) is 1. The van der Waals surface area contributed by atoms with Gasteiger partial charge in [-0.1, -0.05) is 0 Å². The molecule has 0 unspecified atom stereocenters. The monoisotopic (exact) mass is 217 g/mol. The Labute approximate surface area is 88.2 Å². The molecule has 6 nitrogen and oxygen atoms in total. The molecule has 0 aromatic rings. The van der Waals surface area contributed by atoms with Crippen molar-refractivity contribution in [3.8, 4) is 0 Å².